The molecule has 0 saturated carbocycles. The number of ether oxygens (including phenoxy) is 2. The monoisotopic (exact) mass is 452 g/mol. The zero-order valence-electron chi connectivity index (χ0n) is 18.9. The molecule has 174 valence electrons. The maximum atomic E-state index is 12.6. The zero-order chi connectivity index (χ0) is 23.8. The van der Waals surface area contributed by atoms with Gasteiger partial charge in [-0.05, 0) is 43.0 Å². The summed E-state index contributed by atoms with van der Waals surface area (Å²) in [4.78, 5) is 37.7. The van der Waals surface area contributed by atoms with E-state index in [-0.39, 0.29) is 25.6 Å². The molecule has 0 aromatic heterocycles. The van der Waals surface area contributed by atoms with Crippen LogP contribution in [0.15, 0.2) is 48.5 Å². The quantitative estimate of drug-likeness (QED) is 0.714. The number of alkyl carbamates (subject to hydrolysis) is 1. The lowest BCUT2D eigenvalue weighted by Crippen LogP contribution is -2.61. The number of carboxylic acid groups (broad SMARTS) is 1. The Kier molecular flexibility index (Phi) is 6.01. The van der Waals surface area contributed by atoms with Gasteiger partial charge in [-0.25, -0.2) is 14.4 Å². The maximum Gasteiger partial charge on any atom is 0.409 e. The van der Waals surface area contributed by atoms with Gasteiger partial charge in [0.25, 0.3) is 0 Å². The first-order valence-corrected chi connectivity index (χ1v) is 11.0. The van der Waals surface area contributed by atoms with Crippen molar-refractivity contribution in [2.45, 2.75) is 38.3 Å². The van der Waals surface area contributed by atoms with Crippen molar-refractivity contribution >= 4 is 18.2 Å². The molecule has 1 saturated heterocycles. The Balaban J connectivity index is 1.33. The first kappa shape index (κ1) is 22.6. The summed E-state index contributed by atoms with van der Waals surface area (Å²) in [7, 11) is 0. The number of nitrogens with one attached hydrogen (secondary N) is 1. The molecule has 0 bridgehead atoms. The Hall–Kier alpha value is -3.55. The molecule has 1 unspecified atom stereocenters. The van der Waals surface area contributed by atoms with Crippen LogP contribution in [0.3, 0.4) is 0 Å². The van der Waals surface area contributed by atoms with Gasteiger partial charge in [-0.2, -0.15) is 0 Å². The van der Waals surface area contributed by atoms with E-state index in [0.717, 1.165) is 22.3 Å². The fourth-order valence-corrected chi connectivity index (χ4v) is 4.37. The number of aliphatic carboxylic acids is 1. The molecule has 1 aliphatic heterocycles. The van der Waals surface area contributed by atoms with E-state index in [2.05, 4.69) is 17.4 Å². The average molecular weight is 453 g/mol. The summed E-state index contributed by atoms with van der Waals surface area (Å²) in [6.45, 7) is 5.67. The molecule has 1 fully saturated rings. The Morgan fingerprint density at radius 1 is 1.03 bits per heavy atom. The van der Waals surface area contributed by atoms with Gasteiger partial charge in [0.05, 0.1) is 0 Å². The second-order valence-corrected chi connectivity index (χ2v) is 9.43. The van der Waals surface area contributed by atoms with Crippen LogP contribution in [0.5, 0.6) is 0 Å². The smallest absolute Gasteiger partial charge is 0.409 e. The van der Waals surface area contributed by atoms with Crippen molar-refractivity contribution in [2.75, 3.05) is 19.7 Å². The van der Waals surface area contributed by atoms with E-state index in [4.69, 9.17) is 9.47 Å². The highest BCUT2D eigenvalue weighted by Crippen LogP contribution is 2.44. The van der Waals surface area contributed by atoms with Crippen LogP contribution >= 0.6 is 0 Å². The minimum absolute atomic E-state index is 0.0426. The second kappa shape index (κ2) is 8.77. The molecule has 1 heterocycles. The minimum Gasteiger partial charge on any atom is -0.480 e. The number of amides is 2. The summed E-state index contributed by atoms with van der Waals surface area (Å²) in [5, 5.41) is 11.9. The third-order valence-electron chi connectivity index (χ3n) is 5.91. The predicted octanol–water partition coefficient (Wildman–Crippen LogP) is 3.85. The number of carbonyl (C=O) groups is 3. The Morgan fingerprint density at radius 2 is 1.58 bits per heavy atom. The number of benzene rings is 2. The molecule has 0 spiro atoms. The minimum atomic E-state index is -1.17. The standard InChI is InChI=1S/C25H28N2O6/c1-25(2,3)33-23(30)26-21(22(28)29)15-12-27(13-15)24(31)32-14-20-18-10-6-4-8-16(18)17-9-5-7-11-19(17)20/h4-11,15,20-21H,12-14H2,1-3H3,(H,26,30)(H,28,29). The topological polar surface area (TPSA) is 105 Å². The van der Waals surface area contributed by atoms with E-state index in [1.165, 1.54) is 4.90 Å². The van der Waals surface area contributed by atoms with Gasteiger partial charge in [-0.3, -0.25) is 0 Å². The van der Waals surface area contributed by atoms with E-state index >= 15 is 0 Å². The lowest BCUT2D eigenvalue weighted by molar-refractivity contribution is -0.142. The highest BCUT2D eigenvalue weighted by atomic mass is 16.6. The molecule has 2 aromatic carbocycles. The van der Waals surface area contributed by atoms with Crippen LogP contribution < -0.4 is 5.32 Å². The molecule has 33 heavy (non-hydrogen) atoms. The summed E-state index contributed by atoms with van der Waals surface area (Å²) >= 11 is 0. The van der Waals surface area contributed by atoms with Crippen molar-refractivity contribution in [3.05, 3.63) is 59.7 Å². The number of hydrogen-bond donors (Lipinski definition) is 2. The molecule has 2 N–H and O–H groups in total. The maximum absolute atomic E-state index is 12.6. The van der Waals surface area contributed by atoms with Gasteiger partial charge in [-0.1, -0.05) is 48.5 Å². The van der Waals surface area contributed by atoms with Crippen molar-refractivity contribution < 1.29 is 29.0 Å². The number of fused-ring (bicyclic) bond motifs is 3. The van der Waals surface area contributed by atoms with E-state index in [0.29, 0.717) is 0 Å². The lowest BCUT2D eigenvalue weighted by atomic mass is 9.92. The van der Waals surface area contributed by atoms with Gasteiger partial charge in [0, 0.05) is 24.9 Å². The lowest BCUT2D eigenvalue weighted by Gasteiger charge is -2.41. The number of hydrogen-bond acceptors (Lipinski definition) is 5. The number of rotatable bonds is 5. The fraction of sp³-hybridized carbons (Fsp3) is 0.400. The molecule has 2 aromatic rings. The zero-order valence-corrected chi connectivity index (χ0v) is 18.9. The fourth-order valence-electron chi connectivity index (χ4n) is 4.37. The molecule has 1 atom stereocenters. The second-order valence-electron chi connectivity index (χ2n) is 9.43. The molecule has 4 rings (SSSR count). The van der Waals surface area contributed by atoms with E-state index < -0.39 is 35.7 Å². The number of likely N-dealkylation sites (tertiary alicyclic amines) is 1. The number of nitrogens with zero attached hydrogens (tertiary/aromatic N) is 1. The predicted molar refractivity (Wildman–Crippen MR) is 121 cm³/mol. The molecule has 8 nitrogen and oxygen atoms in total. The average Bonchev–Trinajstić information content (AvgIpc) is 3.03. The van der Waals surface area contributed by atoms with Crippen molar-refractivity contribution in [2.24, 2.45) is 5.92 Å². The van der Waals surface area contributed by atoms with Crippen LogP contribution in [0.25, 0.3) is 11.1 Å². The molecule has 2 amide bonds. The van der Waals surface area contributed by atoms with Crippen LogP contribution in [0.1, 0.15) is 37.8 Å². The van der Waals surface area contributed by atoms with Gasteiger partial charge in [-0.15, -0.1) is 0 Å². The highest BCUT2D eigenvalue weighted by Gasteiger charge is 2.42. The summed E-state index contributed by atoms with van der Waals surface area (Å²) in [5.41, 5.74) is 3.81. The van der Waals surface area contributed by atoms with Gasteiger partial charge in [0.15, 0.2) is 0 Å². The first-order chi connectivity index (χ1) is 15.6. The largest absolute Gasteiger partial charge is 0.480 e. The van der Waals surface area contributed by atoms with Gasteiger partial charge >= 0.3 is 18.2 Å². The van der Waals surface area contributed by atoms with E-state index in [9.17, 15) is 19.5 Å². The summed E-state index contributed by atoms with van der Waals surface area (Å²) < 4.78 is 10.8. The first-order valence-electron chi connectivity index (χ1n) is 11.0. The summed E-state index contributed by atoms with van der Waals surface area (Å²) in [6.07, 6.45) is -1.29. The Labute approximate surface area is 192 Å². The molecule has 0 radical (unpaired) electrons. The normalized spacial score (nSPS) is 16.3. The Morgan fingerprint density at radius 3 is 2.09 bits per heavy atom. The summed E-state index contributed by atoms with van der Waals surface area (Å²) in [6, 6.07) is 15.0. The molecular formula is C25H28N2O6. The third kappa shape index (κ3) is 4.79. The van der Waals surface area contributed by atoms with Crippen molar-refractivity contribution in [1.82, 2.24) is 10.2 Å². The van der Waals surface area contributed by atoms with Crippen LogP contribution in [0.4, 0.5) is 9.59 Å². The SMILES string of the molecule is CC(C)(C)OC(=O)NC(C(=O)O)C1CN(C(=O)OCC2c3ccccc3-c3ccccc32)C1. The molecule has 8 heteroatoms. The van der Waals surface area contributed by atoms with Crippen molar-refractivity contribution in [3.63, 3.8) is 0 Å². The molecular weight excluding hydrogens is 424 g/mol. The van der Waals surface area contributed by atoms with Gasteiger partial charge in [0.1, 0.15) is 18.2 Å². The molecule has 2 aliphatic rings. The van der Waals surface area contributed by atoms with Crippen molar-refractivity contribution in [3.8, 4) is 11.1 Å². The van der Waals surface area contributed by atoms with Gasteiger partial charge < -0.3 is 24.8 Å². The van der Waals surface area contributed by atoms with Crippen LogP contribution in [-0.4, -0.2) is 59.5 Å². The Bertz CT molecular complexity index is 1030. The number of carbonyl (C=O) groups excluding carboxylic acids is 2. The van der Waals surface area contributed by atoms with Crippen molar-refractivity contribution in [1.29, 1.82) is 0 Å². The molecule has 1 aliphatic carbocycles. The van der Waals surface area contributed by atoms with E-state index in [1.54, 1.807) is 20.8 Å². The van der Waals surface area contributed by atoms with Crippen LogP contribution in [-0.2, 0) is 14.3 Å². The van der Waals surface area contributed by atoms with Gasteiger partial charge in [0.2, 0.25) is 0 Å². The third-order valence-corrected chi connectivity index (χ3v) is 5.91. The van der Waals surface area contributed by atoms with Crippen LogP contribution in [0.2, 0.25) is 0 Å². The highest BCUT2D eigenvalue weighted by molar-refractivity contribution is 5.81. The number of carboxylic acids is 1. The van der Waals surface area contributed by atoms with E-state index in [1.807, 2.05) is 36.4 Å². The van der Waals surface area contributed by atoms with Crippen LogP contribution in [0, 0.1) is 5.92 Å². The summed E-state index contributed by atoms with van der Waals surface area (Å²) in [5.74, 6) is -1.63.